The van der Waals surface area contributed by atoms with Crippen LogP contribution in [0.25, 0.3) is 0 Å². The third-order valence-corrected chi connectivity index (χ3v) is 3.73. The van der Waals surface area contributed by atoms with E-state index >= 15 is 0 Å². The fourth-order valence-corrected chi connectivity index (χ4v) is 2.50. The van der Waals surface area contributed by atoms with Crippen LogP contribution in [-0.4, -0.2) is 13.6 Å². The summed E-state index contributed by atoms with van der Waals surface area (Å²) in [4.78, 5) is 1.84. The van der Waals surface area contributed by atoms with Gasteiger partial charge in [-0.15, -0.1) is 0 Å². The number of likely N-dealkylation sites (N-methyl/N-ethyl adjacent to an activating group) is 1. The standard InChI is InChI=1S/C15H15BrF2N2/c1-20(12-5-3-11(17)4-6-12)15(9-19)13-8-10(16)2-7-14(13)18/h2-8,15H,9,19H2,1H3. The van der Waals surface area contributed by atoms with Gasteiger partial charge in [-0.3, -0.25) is 0 Å². The number of hydrogen-bond acceptors (Lipinski definition) is 2. The first kappa shape index (κ1) is 14.9. The van der Waals surface area contributed by atoms with Gasteiger partial charge in [0.25, 0.3) is 0 Å². The van der Waals surface area contributed by atoms with Crippen molar-refractivity contribution in [2.24, 2.45) is 5.73 Å². The average Bonchev–Trinajstić information content (AvgIpc) is 2.44. The molecule has 1 unspecified atom stereocenters. The van der Waals surface area contributed by atoms with Crippen LogP contribution in [0.1, 0.15) is 11.6 Å². The number of anilines is 1. The first-order chi connectivity index (χ1) is 9.52. The number of nitrogens with two attached hydrogens (primary N) is 1. The monoisotopic (exact) mass is 340 g/mol. The van der Waals surface area contributed by atoms with Gasteiger partial charge in [-0.05, 0) is 42.5 Å². The molecule has 0 aliphatic rings. The Bertz CT molecular complexity index is 587. The fourth-order valence-electron chi connectivity index (χ4n) is 2.12. The molecule has 0 saturated carbocycles. The predicted octanol–water partition coefficient (Wildman–Crippen LogP) is 3.86. The zero-order valence-corrected chi connectivity index (χ0v) is 12.6. The van der Waals surface area contributed by atoms with Crippen molar-refractivity contribution in [2.45, 2.75) is 6.04 Å². The van der Waals surface area contributed by atoms with E-state index in [1.54, 1.807) is 24.3 Å². The van der Waals surface area contributed by atoms with E-state index < -0.39 is 0 Å². The summed E-state index contributed by atoms with van der Waals surface area (Å²) in [5.74, 6) is -0.613. The van der Waals surface area contributed by atoms with E-state index in [4.69, 9.17) is 5.73 Å². The van der Waals surface area contributed by atoms with Gasteiger partial charge in [-0.25, -0.2) is 8.78 Å². The van der Waals surface area contributed by atoms with Gasteiger partial charge in [0.1, 0.15) is 11.6 Å². The highest BCUT2D eigenvalue weighted by Crippen LogP contribution is 2.28. The molecule has 2 aromatic rings. The lowest BCUT2D eigenvalue weighted by atomic mass is 10.0. The number of rotatable bonds is 4. The zero-order valence-electron chi connectivity index (χ0n) is 11.0. The van der Waals surface area contributed by atoms with Crippen molar-refractivity contribution in [3.8, 4) is 0 Å². The van der Waals surface area contributed by atoms with E-state index in [0.29, 0.717) is 5.56 Å². The second-order valence-corrected chi connectivity index (χ2v) is 5.42. The van der Waals surface area contributed by atoms with Crippen molar-refractivity contribution in [2.75, 3.05) is 18.5 Å². The van der Waals surface area contributed by atoms with Crippen LogP contribution in [0.5, 0.6) is 0 Å². The summed E-state index contributed by atoms with van der Waals surface area (Å²) in [5, 5.41) is 0. The highest BCUT2D eigenvalue weighted by Gasteiger charge is 2.20. The molecule has 0 amide bonds. The van der Waals surface area contributed by atoms with E-state index in [9.17, 15) is 8.78 Å². The lowest BCUT2D eigenvalue weighted by molar-refractivity contribution is 0.572. The summed E-state index contributed by atoms with van der Waals surface area (Å²) >= 11 is 3.33. The van der Waals surface area contributed by atoms with Gasteiger partial charge in [0, 0.05) is 29.3 Å². The summed E-state index contributed by atoms with van der Waals surface area (Å²) in [6.07, 6.45) is 0. The van der Waals surface area contributed by atoms with Gasteiger partial charge >= 0.3 is 0 Å². The predicted molar refractivity (Wildman–Crippen MR) is 80.7 cm³/mol. The summed E-state index contributed by atoms with van der Waals surface area (Å²) in [6, 6.07) is 10.5. The SMILES string of the molecule is CN(c1ccc(F)cc1)C(CN)c1cc(Br)ccc1F. The van der Waals surface area contributed by atoms with E-state index in [1.165, 1.54) is 18.2 Å². The third-order valence-electron chi connectivity index (χ3n) is 3.24. The Morgan fingerprint density at radius 2 is 1.80 bits per heavy atom. The highest BCUT2D eigenvalue weighted by molar-refractivity contribution is 9.10. The number of nitrogens with zero attached hydrogens (tertiary/aromatic N) is 1. The molecule has 2 aromatic carbocycles. The Morgan fingerprint density at radius 3 is 2.40 bits per heavy atom. The average molecular weight is 341 g/mol. The first-order valence-corrected chi connectivity index (χ1v) is 6.95. The van der Waals surface area contributed by atoms with Gasteiger partial charge in [0.05, 0.1) is 6.04 Å². The molecule has 2 nitrogen and oxygen atoms in total. The smallest absolute Gasteiger partial charge is 0.128 e. The molecule has 0 fully saturated rings. The maximum atomic E-state index is 14.0. The molecule has 0 aliphatic heterocycles. The van der Waals surface area contributed by atoms with Gasteiger partial charge in [0.2, 0.25) is 0 Å². The number of halogens is 3. The van der Waals surface area contributed by atoms with Crippen LogP contribution in [0.3, 0.4) is 0 Å². The topological polar surface area (TPSA) is 29.3 Å². The lowest BCUT2D eigenvalue weighted by Crippen LogP contribution is -2.31. The van der Waals surface area contributed by atoms with Crippen molar-refractivity contribution in [1.82, 2.24) is 0 Å². The maximum absolute atomic E-state index is 14.0. The summed E-state index contributed by atoms with van der Waals surface area (Å²) in [7, 11) is 1.81. The molecular weight excluding hydrogens is 326 g/mol. The van der Waals surface area contributed by atoms with E-state index in [-0.39, 0.29) is 24.2 Å². The van der Waals surface area contributed by atoms with Crippen LogP contribution in [0.2, 0.25) is 0 Å². The molecule has 1 atom stereocenters. The van der Waals surface area contributed by atoms with Gasteiger partial charge < -0.3 is 10.6 Å². The number of hydrogen-bond donors (Lipinski definition) is 1. The van der Waals surface area contributed by atoms with Crippen molar-refractivity contribution in [3.05, 3.63) is 64.1 Å². The lowest BCUT2D eigenvalue weighted by Gasteiger charge is -2.30. The van der Waals surface area contributed by atoms with E-state index in [1.807, 2.05) is 11.9 Å². The third kappa shape index (κ3) is 3.16. The molecule has 106 valence electrons. The fraction of sp³-hybridized carbons (Fsp3) is 0.200. The minimum absolute atomic E-state index is 0.251. The highest BCUT2D eigenvalue weighted by atomic mass is 79.9. The Labute approximate surface area is 125 Å². The maximum Gasteiger partial charge on any atom is 0.128 e. The molecule has 0 spiro atoms. The van der Waals surface area contributed by atoms with Crippen molar-refractivity contribution in [3.63, 3.8) is 0 Å². The Balaban J connectivity index is 2.36. The van der Waals surface area contributed by atoms with Gasteiger partial charge in [-0.2, -0.15) is 0 Å². The summed E-state index contributed by atoms with van der Waals surface area (Å²) < 4.78 is 27.7. The second-order valence-electron chi connectivity index (χ2n) is 4.50. The normalized spacial score (nSPS) is 12.2. The van der Waals surface area contributed by atoms with Crippen molar-refractivity contribution in [1.29, 1.82) is 0 Å². The molecule has 20 heavy (non-hydrogen) atoms. The Morgan fingerprint density at radius 1 is 1.15 bits per heavy atom. The van der Waals surface area contributed by atoms with Crippen LogP contribution in [0.4, 0.5) is 14.5 Å². The quantitative estimate of drug-likeness (QED) is 0.915. The van der Waals surface area contributed by atoms with E-state index in [2.05, 4.69) is 15.9 Å². The second kappa shape index (κ2) is 6.33. The molecule has 5 heteroatoms. The van der Waals surface area contributed by atoms with Crippen LogP contribution in [0.15, 0.2) is 46.9 Å². The molecule has 0 aromatic heterocycles. The van der Waals surface area contributed by atoms with Gasteiger partial charge in [-0.1, -0.05) is 15.9 Å². The molecule has 2 N–H and O–H groups in total. The minimum Gasteiger partial charge on any atom is -0.366 e. The summed E-state index contributed by atoms with van der Waals surface area (Å²) in [5.41, 5.74) is 7.08. The van der Waals surface area contributed by atoms with Crippen LogP contribution in [0, 0.1) is 11.6 Å². The van der Waals surface area contributed by atoms with Crippen molar-refractivity contribution >= 4 is 21.6 Å². The largest absolute Gasteiger partial charge is 0.366 e. The Kier molecular flexibility index (Phi) is 4.73. The Hall–Kier alpha value is -1.46. The van der Waals surface area contributed by atoms with Crippen LogP contribution in [-0.2, 0) is 0 Å². The van der Waals surface area contributed by atoms with Crippen LogP contribution >= 0.6 is 15.9 Å². The van der Waals surface area contributed by atoms with E-state index in [0.717, 1.165) is 10.2 Å². The van der Waals surface area contributed by atoms with Crippen molar-refractivity contribution < 1.29 is 8.78 Å². The summed E-state index contributed by atoms with van der Waals surface area (Å²) in [6.45, 7) is 0.251. The first-order valence-electron chi connectivity index (χ1n) is 6.16. The minimum atomic E-state index is -0.321. The number of benzene rings is 2. The van der Waals surface area contributed by atoms with Crippen LogP contribution < -0.4 is 10.6 Å². The molecule has 0 heterocycles. The molecule has 0 aliphatic carbocycles. The molecule has 0 saturated heterocycles. The zero-order chi connectivity index (χ0) is 14.7. The molecule has 2 rings (SSSR count). The molecule has 0 radical (unpaired) electrons. The van der Waals surface area contributed by atoms with Gasteiger partial charge in [0.15, 0.2) is 0 Å². The molecular formula is C15H15BrF2N2. The molecule has 0 bridgehead atoms.